The minimum Gasteiger partial charge on any atom is -0.481 e. The molecule has 35 heavy (non-hydrogen) atoms. The number of carboxylic acid groups (broad SMARTS) is 1. The van der Waals surface area contributed by atoms with E-state index in [4.69, 9.17) is 4.74 Å². The molecule has 3 aliphatic carbocycles. The number of fused-ring (bicyclic) bond motifs is 3. The van der Waals surface area contributed by atoms with Gasteiger partial charge in [0.05, 0.1) is 5.92 Å². The van der Waals surface area contributed by atoms with Crippen LogP contribution in [0, 0.1) is 11.8 Å². The number of carboxylic acids is 1. The molecule has 4 unspecified atom stereocenters. The van der Waals surface area contributed by atoms with E-state index in [1.807, 2.05) is 24.3 Å². The number of carbonyl (C=O) groups excluding carboxylic acids is 2. The zero-order valence-electron chi connectivity index (χ0n) is 19.7. The van der Waals surface area contributed by atoms with Crippen molar-refractivity contribution in [1.29, 1.82) is 0 Å². The van der Waals surface area contributed by atoms with Crippen LogP contribution in [0.3, 0.4) is 0 Å². The molecule has 0 heterocycles. The van der Waals surface area contributed by atoms with Gasteiger partial charge in [0, 0.05) is 23.9 Å². The summed E-state index contributed by atoms with van der Waals surface area (Å²) in [6.07, 6.45) is 4.60. The third kappa shape index (κ3) is 4.90. The van der Waals surface area contributed by atoms with Crippen molar-refractivity contribution in [3.63, 3.8) is 0 Å². The van der Waals surface area contributed by atoms with Crippen LogP contribution in [-0.4, -0.2) is 41.8 Å². The van der Waals surface area contributed by atoms with E-state index in [1.165, 1.54) is 22.3 Å². The number of amides is 2. The Kier molecular flexibility index (Phi) is 6.75. The number of alkyl carbamates (subject to hydrolysis) is 1. The predicted molar refractivity (Wildman–Crippen MR) is 131 cm³/mol. The summed E-state index contributed by atoms with van der Waals surface area (Å²) in [5.74, 6) is -1.66. The summed E-state index contributed by atoms with van der Waals surface area (Å²) in [5, 5.41) is 15.3. The molecule has 0 spiro atoms. The topological polar surface area (TPSA) is 105 Å². The molecule has 2 aromatic rings. The predicted octanol–water partition coefficient (Wildman–Crippen LogP) is 4.45. The molecule has 4 atom stereocenters. The fourth-order valence-corrected chi connectivity index (χ4v) is 6.09. The number of nitrogens with one attached hydrogen (secondary N) is 2. The molecule has 7 heteroatoms. The Hall–Kier alpha value is -3.35. The molecule has 0 saturated heterocycles. The number of ether oxygens (including phenoxy) is 1. The van der Waals surface area contributed by atoms with Gasteiger partial charge in [-0.1, -0.05) is 61.4 Å². The van der Waals surface area contributed by atoms with Crippen molar-refractivity contribution in [3.8, 4) is 11.1 Å². The van der Waals surface area contributed by atoms with Crippen LogP contribution in [0.2, 0.25) is 0 Å². The van der Waals surface area contributed by atoms with Crippen LogP contribution >= 0.6 is 0 Å². The Morgan fingerprint density at radius 1 is 0.857 bits per heavy atom. The lowest BCUT2D eigenvalue weighted by atomic mass is 9.85. The summed E-state index contributed by atoms with van der Waals surface area (Å²) in [4.78, 5) is 36.9. The molecule has 5 rings (SSSR count). The van der Waals surface area contributed by atoms with E-state index in [9.17, 15) is 19.5 Å². The molecule has 0 bridgehead atoms. The maximum absolute atomic E-state index is 12.8. The second-order valence-electron chi connectivity index (χ2n) is 10.0. The first kappa shape index (κ1) is 23.4. The summed E-state index contributed by atoms with van der Waals surface area (Å²) >= 11 is 0. The van der Waals surface area contributed by atoms with Crippen molar-refractivity contribution in [2.45, 2.75) is 62.9 Å². The van der Waals surface area contributed by atoms with Gasteiger partial charge in [0.1, 0.15) is 6.61 Å². The van der Waals surface area contributed by atoms with E-state index in [0.717, 1.165) is 25.7 Å². The molecule has 0 aromatic heterocycles. The van der Waals surface area contributed by atoms with E-state index in [0.29, 0.717) is 19.3 Å². The quantitative estimate of drug-likeness (QED) is 0.571. The molecule has 2 aromatic carbocycles. The largest absolute Gasteiger partial charge is 0.481 e. The number of aliphatic carboxylic acids is 1. The van der Waals surface area contributed by atoms with Crippen molar-refractivity contribution in [3.05, 3.63) is 59.7 Å². The zero-order chi connectivity index (χ0) is 24.4. The summed E-state index contributed by atoms with van der Waals surface area (Å²) in [6.45, 7) is 0.259. The average Bonchev–Trinajstić information content (AvgIpc) is 3.45. The first-order chi connectivity index (χ1) is 17.0. The minimum atomic E-state index is -0.841. The van der Waals surface area contributed by atoms with Gasteiger partial charge in [-0.25, -0.2) is 4.79 Å². The van der Waals surface area contributed by atoms with Gasteiger partial charge in [-0.15, -0.1) is 0 Å². The summed E-state index contributed by atoms with van der Waals surface area (Å²) in [6, 6.07) is 16.0. The Bertz CT molecular complexity index is 1070. The number of carbonyl (C=O) groups is 3. The van der Waals surface area contributed by atoms with Crippen LogP contribution in [0.4, 0.5) is 4.79 Å². The number of hydrogen-bond donors (Lipinski definition) is 3. The van der Waals surface area contributed by atoms with Crippen LogP contribution in [0.5, 0.6) is 0 Å². The summed E-state index contributed by atoms with van der Waals surface area (Å²) in [5.41, 5.74) is 4.71. The standard InChI is InChI=1S/C28H32N2O5/c31-26(30-25-14-6-13-23(25)27(32)33)17-7-5-8-18(15-17)29-28(34)35-16-24-21-11-3-1-9-19(21)20-10-2-4-12-22(20)24/h1-4,9-12,17-18,23-25H,5-8,13-16H2,(H,29,34)(H,30,31)(H,32,33). The molecule has 2 saturated carbocycles. The number of benzene rings is 2. The molecule has 2 amide bonds. The van der Waals surface area contributed by atoms with Gasteiger partial charge in [0.25, 0.3) is 0 Å². The Labute approximate surface area is 205 Å². The molecule has 3 aliphatic rings. The van der Waals surface area contributed by atoms with Crippen LogP contribution < -0.4 is 10.6 Å². The van der Waals surface area contributed by atoms with Gasteiger partial charge >= 0.3 is 12.1 Å². The lowest BCUT2D eigenvalue weighted by Crippen LogP contribution is -2.46. The van der Waals surface area contributed by atoms with Gasteiger partial charge in [-0.2, -0.15) is 0 Å². The minimum absolute atomic E-state index is 0.00613. The van der Waals surface area contributed by atoms with E-state index in [-0.39, 0.29) is 36.4 Å². The average molecular weight is 477 g/mol. The molecule has 0 radical (unpaired) electrons. The molecular weight excluding hydrogens is 444 g/mol. The third-order valence-corrected chi connectivity index (χ3v) is 7.87. The van der Waals surface area contributed by atoms with E-state index in [2.05, 4.69) is 34.9 Å². The van der Waals surface area contributed by atoms with E-state index >= 15 is 0 Å². The third-order valence-electron chi connectivity index (χ3n) is 7.87. The molecule has 7 nitrogen and oxygen atoms in total. The lowest BCUT2D eigenvalue weighted by Gasteiger charge is -2.30. The zero-order valence-corrected chi connectivity index (χ0v) is 19.7. The maximum Gasteiger partial charge on any atom is 0.407 e. The molecule has 2 fully saturated rings. The molecule has 3 N–H and O–H groups in total. The SMILES string of the molecule is O=C(NC1CCCC(C(=O)NC2CCCC2C(=O)O)C1)OCC1c2ccccc2-c2ccccc21. The fraction of sp³-hybridized carbons (Fsp3) is 0.464. The summed E-state index contributed by atoms with van der Waals surface area (Å²) in [7, 11) is 0. The van der Waals surface area contributed by atoms with Crippen LogP contribution in [0.15, 0.2) is 48.5 Å². The van der Waals surface area contributed by atoms with Crippen molar-refractivity contribution in [2.24, 2.45) is 11.8 Å². The van der Waals surface area contributed by atoms with Crippen molar-refractivity contribution in [2.75, 3.05) is 6.61 Å². The number of rotatable bonds is 6. The highest BCUT2D eigenvalue weighted by Crippen LogP contribution is 2.44. The lowest BCUT2D eigenvalue weighted by molar-refractivity contribution is -0.142. The second kappa shape index (κ2) is 10.1. The van der Waals surface area contributed by atoms with E-state index in [1.54, 1.807) is 0 Å². The highest BCUT2D eigenvalue weighted by molar-refractivity contribution is 5.81. The van der Waals surface area contributed by atoms with Gasteiger partial charge in [0.2, 0.25) is 5.91 Å². The van der Waals surface area contributed by atoms with Gasteiger partial charge in [-0.05, 0) is 54.4 Å². The smallest absolute Gasteiger partial charge is 0.407 e. The Balaban J connectivity index is 1.14. The number of hydrogen-bond acceptors (Lipinski definition) is 4. The van der Waals surface area contributed by atoms with Gasteiger partial charge in [0.15, 0.2) is 0 Å². The van der Waals surface area contributed by atoms with E-state index < -0.39 is 18.0 Å². The second-order valence-corrected chi connectivity index (χ2v) is 10.0. The summed E-state index contributed by atoms with van der Waals surface area (Å²) < 4.78 is 5.67. The molecular formula is C28H32N2O5. The highest BCUT2D eigenvalue weighted by Gasteiger charge is 2.36. The molecule has 184 valence electrons. The normalized spacial score (nSPS) is 25.4. The Morgan fingerprint density at radius 3 is 2.20 bits per heavy atom. The van der Waals surface area contributed by atoms with Gasteiger partial charge in [-0.3, -0.25) is 9.59 Å². The van der Waals surface area contributed by atoms with Gasteiger partial charge < -0.3 is 20.5 Å². The van der Waals surface area contributed by atoms with Crippen LogP contribution in [-0.2, 0) is 14.3 Å². The first-order valence-electron chi connectivity index (χ1n) is 12.7. The fourth-order valence-electron chi connectivity index (χ4n) is 6.09. The van der Waals surface area contributed by atoms with Crippen molar-refractivity contribution < 1.29 is 24.2 Å². The Morgan fingerprint density at radius 2 is 1.51 bits per heavy atom. The highest BCUT2D eigenvalue weighted by atomic mass is 16.5. The first-order valence-corrected chi connectivity index (χ1v) is 12.7. The van der Waals surface area contributed by atoms with Crippen LogP contribution in [0.1, 0.15) is 62.0 Å². The molecule has 0 aliphatic heterocycles. The monoisotopic (exact) mass is 476 g/mol. The van der Waals surface area contributed by atoms with Crippen molar-refractivity contribution in [1.82, 2.24) is 10.6 Å². The van der Waals surface area contributed by atoms with Crippen LogP contribution in [0.25, 0.3) is 11.1 Å². The maximum atomic E-state index is 12.8. The van der Waals surface area contributed by atoms with Crippen molar-refractivity contribution >= 4 is 18.0 Å².